The van der Waals surface area contributed by atoms with Gasteiger partial charge in [0.15, 0.2) is 5.17 Å². The number of thioether (sulfide) groups is 1. The third kappa shape index (κ3) is 2.08. The zero-order valence-corrected chi connectivity index (χ0v) is 10.1. The highest BCUT2D eigenvalue weighted by Crippen LogP contribution is 2.36. The molecule has 4 unspecified atom stereocenters. The van der Waals surface area contributed by atoms with Crippen molar-refractivity contribution in [3.05, 3.63) is 0 Å². The molecule has 0 aromatic carbocycles. The van der Waals surface area contributed by atoms with E-state index in [9.17, 15) is 0 Å². The van der Waals surface area contributed by atoms with Gasteiger partial charge < -0.3 is 5.32 Å². The summed E-state index contributed by atoms with van der Waals surface area (Å²) < 4.78 is 0. The summed E-state index contributed by atoms with van der Waals surface area (Å²) in [5, 5.41) is 4.65. The molecule has 1 saturated carbocycles. The lowest BCUT2D eigenvalue weighted by Crippen LogP contribution is -2.41. The van der Waals surface area contributed by atoms with E-state index in [-0.39, 0.29) is 0 Å². The second-order valence-electron chi connectivity index (χ2n) is 4.76. The summed E-state index contributed by atoms with van der Waals surface area (Å²) in [6.07, 6.45) is 2.54. The highest BCUT2D eigenvalue weighted by atomic mass is 32.2. The first-order chi connectivity index (χ1) is 6.66. The Bertz CT molecular complexity index is 239. The van der Waals surface area contributed by atoms with E-state index in [0.717, 1.165) is 11.8 Å². The van der Waals surface area contributed by atoms with Crippen molar-refractivity contribution >= 4 is 16.9 Å². The molecule has 1 heterocycles. The van der Waals surface area contributed by atoms with Gasteiger partial charge in [0, 0.05) is 11.8 Å². The largest absolute Gasteiger partial charge is 0.362 e. The number of amidine groups is 1. The number of rotatable bonds is 1. The first kappa shape index (κ1) is 10.3. The molecule has 0 radical (unpaired) electrons. The van der Waals surface area contributed by atoms with Crippen molar-refractivity contribution < 1.29 is 0 Å². The maximum atomic E-state index is 4.79. The van der Waals surface area contributed by atoms with Gasteiger partial charge in [-0.15, -0.1) is 0 Å². The molecule has 2 rings (SSSR count). The summed E-state index contributed by atoms with van der Waals surface area (Å²) in [5.41, 5.74) is 0. The van der Waals surface area contributed by atoms with E-state index in [4.69, 9.17) is 4.99 Å². The smallest absolute Gasteiger partial charge is 0.157 e. The maximum absolute atomic E-state index is 4.79. The number of aliphatic imine (C=N–C) groups is 1. The van der Waals surface area contributed by atoms with Crippen LogP contribution in [0.4, 0.5) is 0 Å². The number of nitrogens with one attached hydrogen (secondary N) is 1. The van der Waals surface area contributed by atoms with Gasteiger partial charge in [-0.2, -0.15) is 0 Å². The fraction of sp³-hybridized carbons (Fsp3) is 0.909. The van der Waals surface area contributed by atoms with Crippen LogP contribution < -0.4 is 5.32 Å². The van der Waals surface area contributed by atoms with Crippen LogP contribution in [0.3, 0.4) is 0 Å². The van der Waals surface area contributed by atoms with E-state index in [1.54, 1.807) is 0 Å². The molecule has 3 heteroatoms. The molecular formula is C11H20N2S. The van der Waals surface area contributed by atoms with E-state index in [0.29, 0.717) is 12.1 Å². The molecule has 0 amide bonds. The third-order valence-electron chi connectivity index (χ3n) is 3.56. The fourth-order valence-electron chi connectivity index (χ4n) is 2.05. The quantitative estimate of drug-likeness (QED) is 0.722. The molecule has 1 aliphatic heterocycles. The molecule has 0 aromatic rings. The summed E-state index contributed by atoms with van der Waals surface area (Å²) in [7, 11) is 0. The van der Waals surface area contributed by atoms with Crippen molar-refractivity contribution in [1.29, 1.82) is 0 Å². The Morgan fingerprint density at radius 2 is 2.14 bits per heavy atom. The van der Waals surface area contributed by atoms with Gasteiger partial charge in [-0.05, 0) is 31.6 Å². The van der Waals surface area contributed by atoms with Crippen molar-refractivity contribution in [3.8, 4) is 0 Å². The van der Waals surface area contributed by atoms with Gasteiger partial charge in [0.25, 0.3) is 0 Å². The SMILES string of the molecule is CC1CCSC(=NC2CC(C)C2C)N1. The summed E-state index contributed by atoms with van der Waals surface area (Å²) in [6, 6.07) is 1.20. The topological polar surface area (TPSA) is 24.4 Å². The molecule has 1 N–H and O–H groups in total. The summed E-state index contributed by atoms with van der Waals surface area (Å²) in [4.78, 5) is 4.79. The Morgan fingerprint density at radius 3 is 2.71 bits per heavy atom. The predicted molar refractivity (Wildman–Crippen MR) is 63.8 cm³/mol. The molecule has 2 fully saturated rings. The van der Waals surface area contributed by atoms with Crippen LogP contribution >= 0.6 is 11.8 Å². The molecule has 0 aromatic heterocycles. The third-order valence-corrected chi connectivity index (χ3v) is 4.50. The van der Waals surface area contributed by atoms with Crippen molar-refractivity contribution in [3.63, 3.8) is 0 Å². The Labute approximate surface area is 90.9 Å². The normalized spacial score (nSPS) is 45.8. The summed E-state index contributed by atoms with van der Waals surface area (Å²) >= 11 is 1.89. The van der Waals surface area contributed by atoms with Crippen LogP contribution in [0.2, 0.25) is 0 Å². The zero-order chi connectivity index (χ0) is 10.1. The fourth-order valence-corrected chi connectivity index (χ4v) is 3.21. The Kier molecular flexibility index (Phi) is 3.05. The molecule has 14 heavy (non-hydrogen) atoms. The minimum absolute atomic E-state index is 0.588. The van der Waals surface area contributed by atoms with Crippen molar-refractivity contribution in [2.45, 2.75) is 45.7 Å². The van der Waals surface area contributed by atoms with Gasteiger partial charge in [-0.1, -0.05) is 25.6 Å². The first-order valence-electron chi connectivity index (χ1n) is 5.64. The van der Waals surface area contributed by atoms with Crippen LogP contribution in [0.1, 0.15) is 33.6 Å². The molecule has 1 aliphatic carbocycles. The Balaban J connectivity index is 1.91. The lowest BCUT2D eigenvalue weighted by Gasteiger charge is -2.38. The van der Waals surface area contributed by atoms with Gasteiger partial charge in [-0.25, -0.2) is 0 Å². The summed E-state index contributed by atoms with van der Waals surface area (Å²) in [5.74, 6) is 2.88. The van der Waals surface area contributed by atoms with Crippen molar-refractivity contribution in [2.24, 2.45) is 16.8 Å². The number of nitrogens with zero attached hydrogens (tertiary/aromatic N) is 1. The minimum atomic E-state index is 0.588. The predicted octanol–water partition coefficient (Wildman–Crippen LogP) is 2.50. The molecule has 2 aliphatic rings. The molecule has 1 saturated heterocycles. The van der Waals surface area contributed by atoms with Gasteiger partial charge in [0.2, 0.25) is 0 Å². The Hall–Kier alpha value is -0.180. The van der Waals surface area contributed by atoms with Crippen LogP contribution in [0, 0.1) is 11.8 Å². The molecule has 4 atom stereocenters. The zero-order valence-electron chi connectivity index (χ0n) is 9.29. The second kappa shape index (κ2) is 4.13. The van der Waals surface area contributed by atoms with Crippen LogP contribution in [0.5, 0.6) is 0 Å². The highest BCUT2D eigenvalue weighted by Gasteiger charge is 2.34. The minimum Gasteiger partial charge on any atom is -0.362 e. The molecule has 0 spiro atoms. The summed E-state index contributed by atoms with van der Waals surface area (Å²) in [6.45, 7) is 6.88. The Morgan fingerprint density at radius 1 is 1.36 bits per heavy atom. The average Bonchev–Trinajstić information content (AvgIpc) is 2.17. The van der Waals surface area contributed by atoms with E-state index < -0.39 is 0 Å². The van der Waals surface area contributed by atoms with Crippen LogP contribution in [-0.4, -0.2) is 23.0 Å². The van der Waals surface area contributed by atoms with Gasteiger partial charge in [-0.3, -0.25) is 4.99 Å². The molecule has 2 nitrogen and oxygen atoms in total. The van der Waals surface area contributed by atoms with E-state index in [1.807, 2.05) is 11.8 Å². The van der Waals surface area contributed by atoms with E-state index in [2.05, 4.69) is 26.1 Å². The second-order valence-corrected chi connectivity index (χ2v) is 5.84. The van der Waals surface area contributed by atoms with Crippen LogP contribution in [0.25, 0.3) is 0 Å². The van der Waals surface area contributed by atoms with Crippen molar-refractivity contribution in [1.82, 2.24) is 5.32 Å². The number of hydrogen-bond acceptors (Lipinski definition) is 2. The maximum Gasteiger partial charge on any atom is 0.157 e. The average molecular weight is 212 g/mol. The van der Waals surface area contributed by atoms with Crippen LogP contribution in [-0.2, 0) is 0 Å². The molecule has 80 valence electrons. The van der Waals surface area contributed by atoms with Crippen LogP contribution in [0.15, 0.2) is 4.99 Å². The lowest BCUT2D eigenvalue weighted by molar-refractivity contribution is 0.174. The van der Waals surface area contributed by atoms with Crippen molar-refractivity contribution in [2.75, 3.05) is 5.75 Å². The monoisotopic (exact) mass is 212 g/mol. The molecule has 0 bridgehead atoms. The number of hydrogen-bond donors (Lipinski definition) is 1. The van der Waals surface area contributed by atoms with Gasteiger partial charge in [0.05, 0.1) is 6.04 Å². The highest BCUT2D eigenvalue weighted by molar-refractivity contribution is 8.13. The molecular weight excluding hydrogens is 192 g/mol. The standard InChI is InChI=1S/C11H20N2S/c1-7-6-10(9(7)3)13-11-12-8(2)4-5-14-11/h7-10H,4-6H2,1-3H3,(H,12,13). The van der Waals surface area contributed by atoms with E-state index >= 15 is 0 Å². The van der Waals surface area contributed by atoms with Gasteiger partial charge >= 0.3 is 0 Å². The first-order valence-corrected chi connectivity index (χ1v) is 6.62. The van der Waals surface area contributed by atoms with Gasteiger partial charge in [0.1, 0.15) is 0 Å². The lowest BCUT2D eigenvalue weighted by atomic mass is 9.72. The van der Waals surface area contributed by atoms with E-state index in [1.165, 1.54) is 23.8 Å².